The number of H-pyrrole nitrogens is 1. The van der Waals surface area contributed by atoms with E-state index in [4.69, 9.17) is 4.74 Å². The van der Waals surface area contributed by atoms with Crippen molar-refractivity contribution in [2.24, 2.45) is 0 Å². The molecule has 3 heterocycles. The number of fused-ring (bicyclic) bond motifs is 1. The van der Waals surface area contributed by atoms with Crippen molar-refractivity contribution in [3.05, 3.63) is 30.1 Å². The summed E-state index contributed by atoms with van der Waals surface area (Å²) in [7, 11) is 1.06. The number of aromatic nitrogens is 3. The number of alkyl halides is 6. The Morgan fingerprint density at radius 2 is 2.00 bits per heavy atom. The van der Waals surface area contributed by atoms with Crippen molar-refractivity contribution in [1.82, 2.24) is 20.3 Å². The molecule has 1 atom stereocenters. The van der Waals surface area contributed by atoms with Crippen molar-refractivity contribution in [2.45, 2.75) is 31.2 Å². The Morgan fingerprint density at radius 1 is 1.22 bits per heavy atom. The molecule has 15 heteroatoms. The van der Waals surface area contributed by atoms with Crippen LogP contribution >= 0.6 is 0 Å². The molecule has 0 bridgehead atoms. The van der Waals surface area contributed by atoms with Gasteiger partial charge in [-0.15, -0.1) is 0 Å². The number of piperidine rings is 1. The smallest absolute Gasteiger partial charge is 0.422 e. The van der Waals surface area contributed by atoms with Gasteiger partial charge in [-0.1, -0.05) is 0 Å². The Hall–Kier alpha value is -3.75. The van der Waals surface area contributed by atoms with Gasteiger partial charge >= 0.3 is 18.4 Å². The number of nitrogens with zero attached hydrogens (tertiary/aromatic N) is 2. The summed E-state index contributed by atoms with van der Waals surface area (Å²) in [6, 6.07) is 2.44. The number of nitrogens with one attached hydrogen (secondary N) is 4. The molecule has 1 saturated heterocycles. The normalized spacial score (nSPS) is 16.5. The van der Waals surface area contributed by atoms with Gasteiger partial charge in [0, 0.05) is 35.9 Å². The number of benzene rings is 1. The Bertz CT molecular complexity index is 1270. The molecule has 9 nitrogen and oxygen atoms in total. The maximum absolute atomic E-state index is 13.9. The van der Waals surface area contributed by atoms with Gasteiger partial charge in [0.25, 0.3) is 0 Å². The molecule has 1 aromatic carbocycles. The molecule has 4 rings (SSSR count). The van der Waals surface area contributed by atoms with E-state index in [2.05, 4.69) is 35.6 Å². The number of carbonyl (C=O) groups is 1. The summed E-state index contributed by atoms with van der Waals surface area (Å²) >= 11 is 0. The lowest BCUT2D eigenvalue weighted by Gasteiger charge is -2.24. The summed E-state index contributed by atoms with van der Waals surface area (Å²) in [5.41, 5.74) is -1.91. The maximum atomic E-state index is 13.9. The average molecular weight is 532 g/mol. The first-order valence-corrected chi connectivity index (χ1v) is 11.1. The van der Waals surface area contributed by atoms with Gasteiger partial charge in [-0.25, -0.2) is 14.8 Å². The number of halogens is 6. The van der Waals surface area contributed by atoms with Crippen LogP contribution in [-0.4, -0.2) is 60.1 Å². The van der Waals surface area contributed by atoms with E-state index in [1.807, 2.05) is 0 Å². The highest BCUT2D eigenvalue weighted by atomic mass is 19.4. The number of carbonyl (C=O) groups excluding carboxylic acids is 1. The largest absolute Gasteiger partial charge is 0.480 e. The van der Waals surface area contributed by atoms with E-state index in [1.165, 1.54) is 18.3 Å². The van der Waals surface area contributed by atoms with Gasteiger partial charge < -0.3 is 25.1 Å². The maximum Gasteiger partial charge on any atom is 0.422 e. The second-order valence-corrected chi connectivity index (χ2v) is 8.23. The molecule has 3 aromatic rings. The molecule has 200 valence electrons. The quantitative estimate of drug-likeness (QED) is 0.333. The number of aromatic amines is 1. The van der Waals surface area contributed by atoms with Crippen LogP contribution in [0.5, 0.6) is 5.75 Å². The molecule has 0 saturated carbocycles. The van der Waals surface area contributed by atoms with Crippen LogP contribution in [0.3, 0.4) is 0 Å². The lowest BCUT2D eigenvalue weighted by molar-refractivity contribution is -0.153. The van der Waals surface area contributed by atoms with E-state index in [-0.39, 0.29) is 34.1 Å². The number of anilines is 2. The predicted molar refractivity (Wildman–Crippen MR) is 121 cm³/mol. The first-order valence-electron chi connectivity index (χ1n) is 11.1. The zero-order valence-electron chi connectivity index (χ0n) is 19.3. The van der Waals surface area contributed by atoms with E-state index < -0.39 is 42.1 Å². The van der Waals surface area contributed by atoms with Crippen molar-refractivity contribution in [1.29, 1.82) is 0 Å². The molecule has 0 aliphatic carbocycles. The summed E-state index contributed by atoms with van der Waals surface area (Å²) in [5.74, 6) is -0.454. The van der Waals surface area contributed by atoms with Gasteiger partial charge in [-0.2, -0.15) is 26.3 Å². The van der Waals surface area contributed by atoms with E-state index in [1.54, 1.807) is 0 Å². The van der Waals surface area contributed by atoms with Crippen molar-refractivity contribution in [3.8, 4) is 17.0 Å². The molecule has 1 aliphatic rings. The van der Waals surface area contributed by atoms with Crippen LogP contribution in [0, 0.1) is 0 Å². The highest BCUT2D eigenvalue weighted by molar-refractivity contribution is 6.03. The van der Waals surface area contributed by atoms with Gasteiger partial charge in [0.1, 0.15) is 5.56 Å². The average Bonchev–Trinajstić information content (AvgIpc) is 3.26. The van der Waals surface area contributed by atoms with Crippen molar-refractivity contribution < 1.29 is 40.6 Å². The third-order valence-corrected chi connectivity index (χ3v) is 5.59. The van der Waals surface area contributed by atoms with Crippen molar-refractivity contribution >= 4 is 28.6 Å². The van der Waals surface area contributed by atoms with Crippen LogP contribution in [0.2, 0.25) is 0 Å². The summed E-state index contributed by atoms with van der Waals surface area (Å²) in [6.45, 7) is -0.290. The zero-order chi connectivity index (χ0) is 26.8. The molecule has 1 aliphatic heterocycles. The second kappa shape index (κ2) is 10.3. The van der Waals surface area contributed by atoms with E-state index in [0.717, 1.165) is 26.5 Å². The molecular weight excluding hydrogens is 510 g/mol. The van der Waals surface area contributed by atoms with Crippen LogP contribution in [0.15, 0.2) is 24.5 Å². The number of hydrogen-bond donors (Lipinski definition) is 4. The topological polar surface area (TPSA) is 113 Å². The fourth-order valence-electron chi connectivity index (χ4n) is 3.95. The fraction of sp³-hybridized carbons (Fsp3) is 0.409. The summed E-state index contributed by atoms with van der Waals surface area (Å²) in [5, 5.41) is 8.51. The monoisotopic (exact) mass is 532 g/mol. The van der Waals surface area contributed by atoms with E-state index >= 15 is 0 Å². The highest BCUT2D eigenvalue weighted by Crippen LogP contribution is 2.42. The van der Waals surface area contributed by atoms with Crippen LogP contribution in [-0.2, 0) is 10.9 Å². The van der Waals surface area contributed by atoms with Gasteiger partial charge in [-0.05, 0) is 31.5 Å². The van der Waals surface area contributed by atoms with E-state index in [0.29, 0.717) is 12.7 Å². The molecule has 2 aromatic heterocycles. The van der Waals surface area contributed by atoms with Gasteiger partial charge in [0.2, 0.25) is 5.95 Å². The first kappa shape index (κ1) is 26.3. The van der Waals surface area contributed by atoms with E-state index in [9.17, 15) is 31.1 Å². The van der Waals surface area contributed by atoms with Crippen LogP contribution < -0.4 is 20.7 Å². The molecule has 0 unspecified atom stereocenters. The van der Waals surface area contributed by atoms with Crippen LogP contribution in [0.4, 0.5) is 42.8 Å². The summed E-state index contributed by atoms with van der Waals surface area (Å²) in [4.78, 5) is 22.3. The molecular formula is C22H22F6N6O3. The summed E-state index contributed by atoms with van der Waals surface area (Å²) < 4.78 is 89.7. The van der Waals surface area contributed by atoms with Gasteiger partial charge in [0.05, 0.1) is 24.0 Å². The van der Waals surface area contributed by atoms with Gasteiger partial charge in [-0.3, -0.25) is 5.32 Å². The standard InChI is InChI=1S/C22H22F6N6O3/c1-36-20(35)33-15-5-4-12-13(8-30-17(12)18(15)37-10-21(23,24)25)16-14(22(26,27)28)9-31-19(34-16)32-11-3-2-6-29-7-11/h4-5,8-9,11,29-30H,2-3,6-7,10H2,1H3,(H,33,35)(H,31,32,34)/t11-/m0/s1. The highest BCUT2D eigenvalue weighted by Gasteiger charge is 2.37. The zero-order valence-corrected chi connectivity index (χ0v) is 19.3. The number of hydrogen-bond acceptors (Lipinski definition) is 7. The Kier molecular flexibility index (Phi) is 7.34. The van der Waals surface area contributed by atoms with Crippen LogP contribution in [0.25, 0.3) is 22.2 Å². The Labute approximate surface area is 205 Å². The minimum atomic E-state index is -4.81. The lowest BCUT2D eigenvalue weighted by Crippen LogP contribution is -2.38. The SMILES string of the molecule is COC(=O)Nc1ccc2c(-c3nc(N[C@H]4CCCNC4)ncc3C(F)(F)F)c[nH]c2c1OCC(F)(F)F. The number of ether oxygens (including phenoxy) is 2. The molecule has 0 spiro atoms. The molecule has 4 N–H and O–H groups in total. The molecule has 37 heavy (non-hydrogen) atoms. The molecule has 0 radical (unpaired) electrons. The van der Waals surface area contributed by atoms with Crippen molar-refractivity contribution in [3.63, 3.8) is 0 Å². The summed E-state index contributed by atoms with van der Waals surface area (Å²) in [6.07, 6.45) is -7.03. The lowest BCUT2D eigenvalue weighted by atomic mass is 10.0. The van der Waals surface area contributed by atoms with Gasteiger partial charge in [0.15, 0.2) is 12.4 Å². The Balaban J connectivity index is 1.81. The minimum absolute atomic E-state index is 0.0245. The first-order chi connectivity index (χ1) is 17.5. The number of amides is 1. The number of methoxy groups -OCH3 is 1. The third kappa shape index (κ3) is 6.15. The minimum Gasteiger partial charge on any atom is -0.480 e. The number of rotatable bonds is 6. The Morgan fingerprint density at radius 3 is 2.65 bits per heavy atom. The van der Waals surface area contributed by atoms with Crippen molar-refractivity contribution in [2.75, 3.05) is 37.4 Å². The second-order valence-electron chi connectivity index (χ2n) is 8.23. The fourth-order valence-corrected chi connectivity index (χ4v) is 3.95. The third-order valence-electron chi connectivity index (χ3n) is 5.59. The predicted octanol–water partition coefficient (Wildman–Crippen LogP) is 4.93. The van der Waals surface area contributed by atoms with Crippen LogP contribution in [0.1, 0.15) is 18.4 Å². The molecule has 1 fully saturated rings. The molecule has 1 amide bonds.